The molecule has 0 bridgehead atoms. The molecule has 2 aromatic rings. The van der Waals surface area contributed by atoms with Gasteiger partial charge in [-0.2, -0.15) is 0 Å². The van der Waals surface area contributed by atoms with Crippen LogP contribution in [0.2, 0.25) is 0 Å². The second-order valence-corrected chi connectivity index (χ2v) is 6.68. The minimum Gasteiger partial charge on any atom is -0.444 e. The lowest BCUT2D eigenvalue weighted by atomic mass is 10.1. The second-order valence-electron chi connectivity index (χ2n) is 6.68. The first kappa shape index (κ1) is 17.2. The molecule has 0 saturated heterocycles. The number of aromatic nitrogens is 1. The number of rotatable bonds is 5. The molecule has 0 aliphatic carbocycles. The third kappa shape index (κ3) is 5.53. The van der Waals surface area contributed by atoms with Crippen molar-refractivity contribution in [3.63, 3.8) is 0 Å². The Morgan fingerprint density at radius 3 is 2.74 bits per heavy atom. The number of nitrogens with zero attached hydrogens (tertiary/aromatic N) is 1. The van der Waals surface area contributed by atoms with Crippen molar-refractivity contribution >= 4 is 16.9 Å². The Hall–Kier alpha value is -2.14. The molecule has 1 aromatic heterocycles. The van der Waals surface area contributed by atoms with Gasteiger partial charge in [0.25, 0.3) is 0 Å². The standard InChI is InChI=1S/C18H25N3O2/c1-13(9-21-17(22)23-18(2,3)4)20-12-15-11-19-10-14-7-5-6-8-16(14)15/h5-8,10-11,13,20H,9,12H2,1-4H3,(H,21,22). The lowest BCUT2D eigenvalue weighted by Crippen LogP contribution is -2.41. The average molecular weight is 315 g/mol. The molecule has 1 heterocycles. The Balaban J connectivity index is 1.84. The highest BCUT2D eigenvalue weighted by molar-refractivity contribution is 5.84. The van der Waals surface area contributed by atoms with Crippen molar-refractivity contribution in [2.45, 2.75) is 45.9 Å². The molecule has 0 fully saturated rings. The molecular weight excluding hydrogens is 290 g/mol. The van der Waals surface area contributed by atoms with Crippen LogP contribution in [0.3, 0.4) is 0 Å². The Morgan fingerprint density at radius 1 is 1.26 bits per heavy atom. The van der Waals surface area contributed by atoms with Crippen LogP contribution in [0.15, 0.2) is 36.7 Å². The molecule has 2 N–H and O–H groups in total. The van der Waals surface area contributed by atoms with Gasteiger partial charge in [0, 0.05) is 36.9 Å². The summed E-state index contributed by atoms with van der Waals surface area (Å²) in [6, 6.07) is 8.31. The molecule has 0 aliphatic heterocycles. The molecule has 23 heavy (non-hydrogen) atoms. The summed E-state index contributed by atoms with van der Waals surface area (Å²) in [6.07, 6.45) is 3.35. The molecule has 1 amide bonds. The first-order chi connectivity index (χ1) is 10.8. The molecule has 124 valence electrons. The van der Waals surface area contributed by atoms with Crippen molar-refractivity contribution in [3.8, 4) is 0 Å². The average Bonchev–Trinajstić information content (AvgIpc) is 2.49. The summed E-state index contributed by atoms with van der Waals surface area (Å²) < 4.78 is 5.22. The molecule has 2 rings (SSSR count). The summed E-state index contributed by atoms with van der Waals surface area (Å²) in [4.78, 5) is 15.9. The van der Waals surface area contributed by atoms with Crippen LogP contribution >= 0.6 is 0 Å². The van der Waals surface area contributed by atoms with Crippen molar-refractivity contribution in [2.24, 2.45) is 0 Å². The van der Waals surface area contributed by atoms with Crippen LogP contribution in [0.5, 0.6) is 0 Å². The van der Waals surface area contributed by atoms with Crippen LogP contribution in [-0.2, 0) is 11.3 Å². The van der Waals surface area contributed by atoms with Crippen LogP contribution in [0.4, 0.5) is 4.79 Å². The largest absolute Gasteiger partial charge is 0.444 e. The van der Waals surface area contributed by atoms with E-state index in [1.807, 2.05) is 52.2 Å². The van der Waals surface area contributed by atoms with E-state index in [1.165, 1.54) is 5.39 Å². The maximum Gasteiger partial charge on any atom is 0.407 e. The van der Waals surface area contributed by atoms with Crippen LogP contribution < -0.4 is 10.6 Å². The lowest BCUT2D eigenvalue weighted by molar-refractivity contribution is 0.0523. The number of hydrogen-bond donors (Lipinski definition) is 2. The molecule has 5 heteroatoms. The summed E-state index contributed by atoms with van der Waals surface area (Å²) in [5, 5.41) is 8.50. The second kappa shape index (κ2) is 7.42. The fraction of sp³-hybridized carbons (Fsp3) is 0.444. The molecule has 1 aromatic carbocycles. The van der Waals surface area contributed by atoms with Gasteiger partial charge in [0.15, 0.2) is 0 Å². The first-order valence-electron chi connectivity index (χ1n) is 7.87. The van der Waals surface area contributed by atoms with E-state index in [0.717, 1.165) is 10.9 Å². The highest BCUT2D eigenvalue weighted by Gasteiger charge is 2.16. The van der Waals surface area contributed by atoms with Gasteiger partial charge in [-0.3, -0.25) is 4.98 Å². The van der Waals surface area contributed by atoms with E-state index in [4.69, 9.17) is 4.74 Å². The van der Waals surface area contributed by atoms with E-state index in [0.29, 0.717) is 13.1 Å². The van der Waals surface area contributed by atoms with E-state index in [-0.39, 0.29) is 6.04 Å². The van der Waals surface area contributed by atoms with Gasteiger partial charge in [0.05, 0.1) is 0 Å². The first-order valence-corrected chi connectivity index (χ1v) is 7.87. The molecule has 0 radical (unpaired) electrons. The molecule has 0 spiro atoms. The third-order valence-corrected chi connectivity index (χ3v) is 3.34. The van der Waals surface area contributed by atoms with Crippen molar-refractivity contribution in [2.75, 3.05) is 6.54 Å². The third-order valence-electron chi connectivity index (χ3n) is 3.34. The number of carbonyl (C=O) groups excluding carboxylic acids is 1. The van der Waals surface area contributed by atoms with Crippen LogP contribution in [0.25, 0.3) is 10.8 Å². The topological polar surface area (TPSA) is 63.2 Å². The zero-order chi connectivity index (χ0) is 16.9. The highest BCUT2D eigenvalue weighted by atomic mass is 16.6. The summed E-state index contributed by atoms with van der Waals surface area (Å²) >= 11 is 0. The fourth-order valence-electron chi connectivity index (χ4n) is 2.23. The maximum absolute atomic E-state index is 11.6. The molecule has 1 atom stereocenters. The zero-order valence-electron chi connectivity index (χ0n) is 14.2. The van der Waals surface area contributed by atoms with Crippen LogP contribution in [0, 0.1) is 0 Å². The number of alkyl carbamates (subject to hydrolysis) is 1. The van der Waals surface area contributed by atoms with Crippen LogP contribution in [0.1, 0.15) is 33.3 Å². The quantitative estimate of drug-likeness (QED) is 0.889. The molecular formula is C18H25N3O2. The maximum atomic E-state index is 11.6. The number of benzene rings is 1. The predicted octanol–water partition coefficient (Wildman–Crippen LogP) is 3.24. The normalized spacial score (nSPS) is 12.9. The summed E-state index contributed by atoms with van der Waals surface area (Å²) in [5.41, 5.74) is 0.669. The number of pyridine rings is 1. The van der Waals surface area contributed by atoms with Gasteiger partial charge in [-0.15, -0.1) is 0 Å². The minimum atomic E-state index is -0.477. The molecule has 0 saturated carbocycles. The van der Waals surface area contributed by atoms with Crippen molar-refractivity contribution in [1.82, 2.24) is 15.6 Å². The summed E-state index contributed by atoms with van der Waals surface area (Å²) in [7, 11) is 0. The van der Waals surface area contributed by atoms with Gasteiger partial charge < -0.3 is 15.4 Å². The van der Waals surface area contributed by atoms with E-state index in [9.17, 15) is 4.79 Å². The van der Waals surface area contributed by atoms with Gasteiger partial charge in [-0.05, 0) is 38.6 Å². The van der Waals surface area contributed by atoms with Gasteiger partial charge in [0.2, 0.25) is 0 Å². The Bertz CT molecular complexity index is 659. The zero-order valence-corrected chi connectivity index (χ0v) is 14.2. The molecule has 5 nitrogen and oxygen atoms in total. The number of hydrogen-bond acceptors (Lipinski definition) is 4. The van der Waals surface area contributed by atoms with Crippen molar-refractivity contribution < 1.29 is 9.53 Å². The highest BCUT2D eigenvalue weighted by Crippen LogP contribution is 2.16. The summed E-state index contributed by atoms with van der Waals surface area (Å²) in [5.74, 6) is 0. The predicted molar refractivity (Wildman–Crippen MR) is 92.3 cm³/mol. The number of nitrogens with one attached hydrogen (secondary N) is 2. The van der Waals surface area contributed by atoms with Gasteiger partial charge in [-0.1, -0.05) is 24.3 Å². The van der Waals surface area contributed by atoms with E-state index >= 15 is 0 Å². The van der Waals surface area contributed by atoms with E-state index < -0.39 is 11.7 Å². The number of carbonyl (C=O) groups is 1. The number of fused-ring (bicyclic) bond motifs is 1. The number of amides is 1. The van der Waals surface area contributed by atoms with Crippen molar-refractivity contribution in [3.05, 3.63) is 42.2 Å². The van der Waals surface area contributed by atoms with E-state index in [1.54, 1.807) is 0 Å². The van der Waals surface area contributed by atoms with Gasteiger partial charge >= 0.3 is 6.09 Å². The Morgan fingerprint density at radius 2 is 2.00 bits per heavy atom. The minimum absolute atomic E-state index is 0.126. The molecule has 1 unspecified atom stereocenters. The van der Waals surface area contributed by atoms with Crippen LogP contribution in [-0.4, -0.2) is 29.3 Å². The smallest absolute Gasteiger partial charge is 0.407 e. The SMILES string of the molecule is CC(CNC(=O)OC(C)(C)C)NCc1cncc2ccccc12. The lowest BCUT2D eigenvalue weighted by Gasteiger charge is -2.21. The van der Waals surface area contributed by atoms with Crippen molar-refractivity contribution in [1.29, 1.82) is 0 Å². The number of ether oxygens (including phenoxy) is 1. The van der Waals surface area contributed by atoms with E-state index in [2.05, 4.69) is 27.8 Å². The summed E-state index contributed by atoms with van der Waals surface area (Å²) in [6.45, 7) is 8.78. The Labute approximate surface area is 137 Å². The van der Waals surface area contributed by atoms with Gasteiger partial charge in [-0.25, -0.2) is 4.79 Å². The Kier molecular flexibility index (Phi) is 5.55. The fourth-order valence-corrected chi connectivity index (χ4v) is 2.23. The van der Waals surface area contributed by atoms with Gasteiger partial charge in [0.1, 0.15) is 5.60 Å². The monoisotopic (exact) mass is 315 g/mol. The molecule has 0 aliphatic rings.